The highest BCUT2D eigenvalue weighted by atomic mass is 16.3. The van der Waals surface area contributed by atoms with Crippen molar-refractivity contribution in [3.8, 4) is 0 Å². The molecule has 0 radical (unpaired) electrons. The molecule has 14 heavy (non-hydrogen) atoms. The van der Waals surface area contributed by atoms with E-state index in [1.807, 2.05) is 24.3 Å². The summed E-state index contributed by atoms with van der Waals surface area (Å²) in [6.45, 7) is -0.232. The molecule has 0 saturated carbocycles. The van der Waals surface area contributed by atoms with Crippen molar-refractivity contribution in [2.24, 2.45) is 4.99 Å². The normalized spacial score (nSPS) is 21.7. The Bertz CT molecular complexity index is 349. The van der Waals surface area contributed by atoms with E-state index in [1.54, 1.807) is 6.21 Å². The Morgan fingerprint density at radius 2 is 2.21 bits per heavy atom. The van der Waals surface area contributed by atoms with Gasteiger partial charge in [0.2, 0.25) is 0 Å². The molecule has 2 atom stereocenters. The fraction of sp³-hybridized carbons (Fsp3) is 0.364. The lowest BCUT2D eigenvalue weighted by molar-refractivity contribution is 0.0746. The summed E-state index contributed by atoms with van der Waals surface area (Å²) in [7, 11) is 0. The number of aliphatic hydroxyl groups excluding tert-OH is 2. The first-order valence-electron chi connectivity index (χ1n) is 4.71. The van der Waals surface area contributed by atoms with E-state index in [-0.39, 0.29) is 12.6 Å². The summed E-state index contributed by atoms with van der Waals surface area (Å²) in [5.41, 5.74) is 2.29. The van der Waals surface area contributed by atoms with Crippen molar-refractivity contribution >= 4 is 6.21 Å². The monoisotopic (exact) mass is 191 g/mol. The van der Waals surface area contributed by atoms with Crippen molar-refractivity contribution in [2.45, 2.75) is 18.6 Å². The van der Waals surface area contributed by atoms with Crippen molar-refractivity contribution in [3.05, 3.63) is 35.4 Å². The van der Waals surface area contributed by atoms with E-state index in [4.69, 9.17) is 5.11 Å². The summed E-state index contributed by atoms with van der Waals surface area (Å²) in [5.74, 6) is 0. The Hall–Kier alpha value is -1.19. The maximum atomic E-state index is 9.44. The zero-order chi connectivity index (χ0) is 9.97. The molecule has 1 aromatic rings. The fourth-order valence-corrected chi connectivity index (χ4v) is 1.66. The summed E-state index contributed by atoms with van der Waals surface area (Å²) in [5, 5.41) is 18.3. The molecule has 0 spiro atoms. The second-order valence-electron chi connectivity index (χ2n) is 3.50. The predicted octanol–water partition coefficient (Wildman–Crippen LogP) is 0.383. The number of fused-ring (bicyclic) bond motifs is 1. The zero-order valence-corrected chi connectivity index (χ0v) is 7.80. The Morgan fingerprint density at radius 1 is 1.43 bits per heavy atom. The molecule has 3 nitrogen and oxygen atoms in total. The van der Waals surface area contributed by atoms with Crippen molar-refractivity contribution in [3.63, 3.8) is 0 Å². The molecule has 3 heteroatoms. The summed E-state index contributed by atoms with van der Waals surface area (Å²) >= 11 is 0. The summed E-state index contributed by atoms with van der Waals surface area (Å²) in [4.78, 5) is 4.21. The van der Waals surface area contributed by atoms with Gasteiger partial charge in [-0.15, -0.1) is 0 Å². The quantitative estimate of drug-likeness (QED) is 0.710. The van der Waals surface area contributed by atoms with Crippen LogP contribution in [0.3, 0.4) is 0 Å². The van der Waals surface area contributed by atoms with Gasteiger partial charge in [0, 0.05) is 6.21 Å². The molecule has 0 amide bonds. The Morgan fingerprint density at radius 3 is 3.00 bits per heavy atom. The molecular weight excluding hydrogens is 178 g/mol. The number of rotatable bonds is 2. The number of benzene rings is 1. The van der Waals surface area contributed by atoms with Gasteiger partial charge >= 0.3 is 0 Å². The summed E-state index contributed by atoms with van der Waals surface area (Å²) in [6.07, 6.45) is 1.72. The lowest BCUT2D eigenvalue weighted by Crippen LogP contribution is -2.32. The predicted molar refractivity (Wildman–Crippen MR) is 54.6 cm³/mol. The second kappa shape index (κ2) is 3.90. The van der Waals surface area contributed by atoms with E-state index in [2.05, 4.69) is 4.99 Å². The highest BCUT2D eigenvalue weighted by Crippen LogP contribution is 2.17. The van der Waals surface area contributed by atoms with Gasteiger partial charge < -0.3 is 10.2 Å². The number of hydrogen-bond acceptors (Lipinski definition) is 3. The van der Waals surface area contributed by atoms with E-state index in [0.717, 1.165) is 5.56 Å². The molecule has 0 unspecified atom stereocenters. The molecule has 0 bridgehead atoms. The minimum atomic E-state index is -0.750. The molecular formula is C11H13NO2. The largest absolute Gasteiger partial charge is 0.394 e. The van der Waals surface area contributed by atoms with E-state index in [0.29, 0.717) is 6.42 Å². The van der Waals surface area contributed by atoms with E-state index >= 15 is 0 Å². The van der Waals surface area contributed by atoms with Crippen LogP contribution in [0.15, 0.2) is 29.3 Å². The van der Waals surface area contributed by atoms with Crippen LogP contribution in [0.5, 0.6) is 0 Å². The van der Waals surface area contributed by atoms with Gasteiger partial charge in [-0.05, 0) is 17.5 Å². The standard InChI is InChI=1S/C11H13NO2/c13-7-11(14)10-5-8-3-1-2-4-9(8)6-12-10/h1-4,6,10-11,13-14H,5,7H2/t10-,11-/m0/s1. The minimum Gasteiger partial charge on any atom is -0.394 e. The Balaban J connectivity index is 2.21. The Kier molecular flexibility index (Phi) is 2.61. The third-order valence-electron chi connectivity index (χ3n) is 2.52. The van der Waals surface area contributed by atoms with Crippen LogP contribution in [-0.4, -0.2) is 35.2 Å². The number of aliphatic imine (C=N–C) groups is 1. The van der Waals surface area contributed by atoms with Gasteiger partial charge in [0.05, 0.1) is 18.8 Å². The SMILES string of the molecule is OC[C@H](O)[C@@H]1Cc2ccccc2C=N1. The van der Waals surface area contributed by atoms with E-state index < -0.39 is 6.10 Å². The highest BCUT2D eigenvalue weighted by molar-refractivity contribution is 5.83. The van der Waals surface area contributed by atoms with Gasteiger partial charge in [0.15, 0.2) is 0 Å². The molecule has 2 rings (SSSR count). The topological polar surface area (TPSA) is 52.8 Å². The first kappa shape index (κ1) is 9.37. The van der Waals surface area contributed by atoms with Gasteiger partial charge in [-0.2, -0.15) is 0 Å². The molecule has 0 fully saturated rings. The summed E-state index contributed by atoms with van der Waals surface area (Å²) in [6, 6.07) is 7.77. The van der Waals surface area contributed by atoms with Crippen molar-refractivity contribution in [1.29, 1.82) is 0 Å². The molecule has 1 heterocycles. The van der Waals surface area contributed by atoms with Crippen LogP contribution in [0.4, 0.5) is 0 Å². The van der Waals surface area contributed by atoms with Crippen LogP contribution in [0.25, 0.3) is 0 Å². The minimum absolute atomic E-state index is 0.199. The van der Waals surface area contributed by atoms with E-state index in [9.17, 15) is 5.11 Å². The van der Waals surface area contributed by atoms with Gasteiger partial charge in [0.25, 0.3) is 0 Å². The van der Waals surface area contributed by atoms with Gasteiger partial charge in [-0.3, -0.25) is 4.99 Å². The number of nitrogens with zero attached hydrogens (tertiary/aromatic N) is 1. The van der Waals surface area contributed by atoms with Crippen LogP contribution < -0.4 is 0 Å². The van der Waals surface area contributed by atoms with Crippen LogP contribution in [0, 0.1) is 0 Å². The van der Waals surface area contributed by atoms with Crippen molar-refractivity contribution < 1.29 is 10.2 Å². The molecule has 2 N–H and O–H groups in total. The van der Waals surface area contributed by atoms with Crippen LogP contribution in [-0.2, 0) is 6.42 Å². The average molecular weight is 191 g/mol. The van der Waals surface area contributed by atoms with Crippen molar-refractivity contribution in [1.82, 2.24) is 0 Å². The van der Waals surface area contributed by atoms with Crippen molar-refractivity contribution in [2.75, 3.05) is 6.61 Å². The van der Waals surface area contributed by atoms with Crippen LogP contribution in [0.2, 0.25) is 0 Å². The maximum Gasteiger partial charge on any atom is 0.0996 e. The average Bonchev–Trinajstić information content (AvgIpc) is 2.27. The number of aliphatic hydroxyl groups is 2. The fourth-order valence-electron chi connectivity index (χ4n) is 1.66. The van der Waals surface area contributed by atoms with Gasteiger partial charge in [-0.25, -0.2) is 0 Å². The molecule has 74 valence electrons. The molecule has 0 saturated heterocycles. The van der Waals surface area contributed by atoms with E-state index in [1.165, 1.54) is 5.56 Å². The second-order valence-corrected chi connectivity index (χ2v) is 3.50. The highest BCUT2D eigenvalue weighted by Gasteiger charge is 2.21. The third-order valence-corrected chi connectivity index (χ3v) is 2.52. The first-order chi connectivity index (χ1) is 6.81. The molecule has 0 aromatic heterocycles. The smallest absolute Gasteiger partial charge is 0.0996 e. The van der Waals surface area contributed by atoms with Crippen LogP contribution >= 0.6 is 0 Å². The molecule has 1 aliphatic rings. The first-order valence-corrected chi connectivity index (χ1v) is 4.71. The third kappa shape index (κ3) is 1.69. The Labute approximate surface area is 82.7 Å². The van der Waals surface area contributed by atoms with Gasteiger partial charge in [-0.1, -0.05) is 24.3 Å². The number of hydrogen-bond donors (Lipinski definition) is 2. The molecule has 0 aliphatic carbocycles. The van der Waals surface area contributed by atoms with Gasteiger partial charge in [0.1, 0.15) is 0 Å². The lowest BCUT2D eigenvalue weighted by atomic mass is 9.95. The van der Waals surface area contributed by atoms with Crippen LogP contribution in [0.1, 0.15) is 11.1 Å². The molecule has 1 aliphatic heterocycles. The maximum absolute atomic E-state index is 9.44. The zero-order valence-electron chi connectivity index (χ0n) is 7.80. The molecule has 1 aromatic carbocycles. The summed E-state index contributed by atoms with van der Waals surface area (Å²) < 4.78 is 0. The lowest BCUT2D eigenvalue weighted by Gasteiger charge is -2.21.